The van der Waals surface area contributed by atoms with Crippen LogP contribution in [0.5, 0.6) is 0 Å². The topological polar surface area (TPSA) is 47.0 Å². The minimum atomic E-state index is 0.0523. The van der Waals surface area contributed by atoms with Crippen molar-refractivity contribution in [2.45, 2.75) is 32.4 Å². The van der Waals surface area contributed by atoms with Gasteiger partial charge in [0.15, 0.2) is 0 Å². The first kappa shape index (κ1) is 9.52. The predicted octanol–water partition coefficient (Wildman–Crippen LogP) is 1.29. The summed E-state index contributed by atoms with van der Waals surface area (Å²) >= 11 is 0. The Morgan fingerprint density at radius 3 is 3.00 bits per heavy atom. The Labute approximate surface area is 82.9 Å². The number of nitrogens with zero attached hydrogens (tertiary/aromatic N) is 1. The molecule has 4 heteroatoms. The van der Waals surface area contributed by atoms with Gasteiger partial charge in [-0.25, -0.2) is 4.68 Å². The molecule has 1 fully saturated rings. The highest BCUT2D eigenvalue weighted by atomic mass is 16.5. The molecule has 2 rings (SSSR count). The van der Waals surface area contributed by atoms with E-state index in [-0.39, 0.29) is 5.56 Å². The van der Waals surface area contributed by atoms with Crippen LogP contribution in [0, 0.1) is 5.92 Å². The van der Waals surface area contributed by atoms with Gasteiger partial charge in [0.25, 0.3) is 5.56 Å². The lowest BCUT2D eigenvalue weighted by molar-refractivity contribution is 0.180. The van der Waals surface area contributed by atoms with Crippen molar-refractivity contribution in [1.82, 2.24) is 9.78 Å². The first-order valence-electron chi connectivity index (χ1n) is 5.01. The summed E-state index contributed by atoms with van der Waals surface area (Å²) < 4.78 is 6.68. The molecule has 0 aliphatic heterocycles. The number of ether oxygens (including phenoxy) is 1. The molecule has 0 aromatic carbocycles. The van der Waals surface area contributed by atoms with E-state index in [1.54, 1.807) is 17.9 Å². The van der Waals surface area contributed by atoms with E-state index in [0.717, 1.165) is 5.69 Å². The van der Waals surface area contributed by atoms with Crippen LogP contribution in [0.1, 0.15) is 31.5 Å². The molecular formula is C10H16N2O2. The van der Waals surface area contributed by atoms with Crippen LogP contribution in [0.15, 0.2) is 10.9 Å². The molecule has 1 aromatic rings. The van der Waals surface area contributed by atoms with Gasteiger partial charge in [-0.15, -0.1) is 0 Å². The molecule has 4 nitrogen and oxygen atoms in total. The highest BCUT2D eigenvalue weighted by Crippen LogP contribution is 2.38. The summed E-state index contributed by atoms with van der Waals surface area (Å²) in [6.45, 7) is 2.56. The van der Waals surface area contributed by atoms with Crippen molar-refractivity contribution in [3.05, 3.63) is 22.1 Å². The van der Waals surface area contributed by atoms with Crippen molar-refractivity contribution in [3.8, 4) is 0 Å². The number of rotatable bonds is 4. The average Bonchev–Trinajstić information content (AvgIpc) is 2.91. The largest absolute Gasteiger partial charge is 0.378 e. The van der Waals surface area contributed by atoms with E-state index in [9.17, 15) is 4.79 Å². The lowest BCUT2D eigenvalue weighted by atomic mass is 10.2. The third kappa shape index (κ3) is 1.75. The maximum atomic E-state index is 11.6. The fourth-order valence-corrected chi connectivity index (χ4v) is 1.78. The Bertz CT molecular complexity index is 362. The molecule has 0 spiro atoms. The Morgan fingerprint density at radius 1 is 1.71 bits per heavy atom. The minimum absolute atomic E-state index is 0.0523. The molecule has 1 unspecified atom stereocenters. The van der Waals surface area contributed by atoms with E-state index in [0.29, 0.717) is 18.6 Å². The van der Waals surface area contributed by atoms with E-state index >= 15 is 0 Å². The highest BCUT2D eigenvalue weighted by molar-refractivity contribution is 5.00. The first-order valence-corrected chi connectivity index (χ1v) is 5.01. The summed E-state index contributed by atoms with van der Waals surface area (Å²) in [6.07, 6.45) is 2.48. The third-order valence-corrected chi connectivity index (χ3v) is 2.81. The van der Waals surface area contributed by atoms with E-state index in [1.807, 2.05) is 0 Å². The zero-order valence-electron chi connectivity index (χ0n) is 8.62. The molecule has 0 radical (unpaired) electrons. The van der Waals surface area contributed by atoms with Crippen LogP contribution >= 0.6 is 0 Å². The summed E-state index contributed by atoms with van der Waals surface area (Å²) in [5.74, 6) is 0.682. The number of H-pyrrole nitrogens is 1. The maximum Gasteiger partial charge on any atom is 0.267 e. The first-order chi connectivity index (χ1) is 6.72. The van der Waals surface area contributed by atoms with Crippen molar-refractivity contribution < 1.29 is 4.74 Å². The fourth-order valence-electron chi connectivity index (χ4n) is 1.78. The van der Waals surface area contributed by atoms with Crippen LogP contribution in [0.25, 0.3) is 0 Å². The normalized spacial score (nSPS) is 18.4. The average molecular weight is 196 g/mol. The van der Waals surface area contributed by atoms with Crippen LogP contribution < -0.4 is 5.56 Å². The van der Waals surface area contributed by atoms with Crippen molar-refractivity contribution in [1.29, 1.82) is 0 Å². The van der Waals surface area contributed by atoms with Gasteiger partial charge in [-0.1, -0.05) is 0 Å². The van der Waals surface area contributed by atoms with Crippen LogP contribution in [-0.2, 0) is 11.3 Å². The molecule has 0 amide bonds. The maximum absolute atomic E-state index is 11.6. The van der Waals surface area contributed by atoms with Gasteiger partial charge in [0.1, 0.15) is 0 Å². The molecule has 0 saturated heterocycles. The Kier molecular flexibility index (Phi) is 2.46. The van der Waals surface area contributed by atoms with Crippen molar-refractivity contribution >= 4 is 0 Å². The number of hydrogen-bond donors (Lipinski definition) is 1. The summed E-state index contributed by atoms with van der Waals surface area (Å²) in [6, 6.07) is 1.91. The molecule has 1 aliphatic carbocycles. The Hall–Kier alpha value is -1.03. The molecule has 14 heavy (non-hydrogen) atoms. The van der Waals surface area contributed by atoms with Crippen LogP contribution in [0.3, 0.4) is 0 Å². The number of aromatic amines is 1. The number of methoxy groups -OCH3 is 1. The van der Waals surface area contributed by atoms with Crippen LogP contribution in [-0.4, -0.2) is 16.9 Å². The van der Waals surface area contributed by atoms with Gasteiger partial charge in [0.2, 0.25) is 0 Å². The predicted molar refractivity (Wildman–Crippen MR) is 53.2 cm³/mol. The molecule has 1 aliphatic rings. The SMILES string of the molecule is COCc1cc(=O)n(C(C)C2CC2)[nH]1. The zero-order valence-corrected chi connectivity index (χ0v) is 8.62. The molecule has 1 aromatic heterocycles. The minimum Gasteiger partial charge on any atom is -0.378 e. The van der Waals surface area contributed by atoms with Gasteiger partial charge in [0.05, 0.1) is 18.3 Å². The molecule has 0 bridgehead atoms. The molecule has 78 valence electrons. The molecule has 1 atom stereocenters. The van der Waals surface area contributed by atoms with E-state index < -0.39 is 0 Å². The number of nitrogens with one attached hydrogen (secondary N) is 1. The second-order valence-corrected chi connectivity index (χ2v) is 4.00. The monoisotopic (exact) mass is 196 g/mol. The van der Waals surface area contributed by atoms with Crippen LogP contribution in [0.2, 0.25) is 0 Å². The Balaban J connectivity index is 2.19. The molecule has 1 heterocycles. The second-order valence-electron chi connectivity index (χ2n) is 4.00. The van der Waals surface area contributed by atoms with Gasteiger partial charge in [-0.05, 0) is 25.7 Å². The van der Waals surface area contributed by atoms with Crippen molar-refractivity contribution in [3.63, 3.8) is 0 Å². The van der Waals surface area contributed by atoms with Gasteiger partial charge >= 0.3 is 0 Å². The fraction of sp³-hybridized carbons (Fsp3) is 0.700. The highest BCUT2D eigenvalue weighted by Gasteiger charge is 2.30. The summed E-state index contributed by atoms with van der Waals surface area (Å²) in [4.78, 5) is 11.6. The quantitative estimate of drug-likeness (QED) is 0.788. The van der Waals surface area contributed by atoms with E-state index in [1.165, 1.54) is 12.8 Å². The molecule has 1 saturated carbocycles. The van der Waals surface area contributed by atoms with Gasteiger partial charge in [-0.3, -0.25) is 9.89 Å². The van der Waals surface area contributed by atoms with Crippen molar-refractivity contribution in [2.24, 2.45) is 5.92 Å². The number of aromatic nitrogens is 2. The van der Waals surface area contributed by atoms with Gasteiger partial charge in [0, 0.05) is 13.2 Å². The van der Waals surface area contributed by atoms with Gasteiger partial charge in [-0.2, -0.15) is 0 Å². The molecule has 1 N–H and O–H groups in total. The molecular weight excluding hydrogens is 180 g/mol. The summed E-state index contributed by atoms with van der Waals surface area (Å²) in [5.41, 5.74) is 0.904. The second kappa shape index (κ2) is 3.61. The van der Waals surface area contributed by atoms with E-state index in [2.05, 4.69) is 12.0 Å². The standard InChI is InChI=1S/C10H16N2O2/c1-7(8-3-4-8)12-10(13)5-9(11-12)6-14-2/h5,7-8,11H,3-4,6H2,1-2H3. The van der Waals surface area contributed by atoms with Crippen molar-refractivity contribution in [2.75, 3.05) is 7.11 Å². The van der Waals surface area contributed by atoms with Crippen LogP contribution in [0.4, 0.5) is 0 Å². The van der Waals surface area contributed by atoms with Gasteiger partial charge < -0.3 is 4.74 Å². The smallest absolute Gasteiger partial charge is 0.267 e. The summed E-state index contributed by atoms with van der Waals surface area (Å²) in [7, 11) is 1.62. The lowest BCUT2D eigenvalue weighted by Crippen LogP contribution is -2.21. The lowest BCUT2D eigenvalue weighted by Gasteiger charge is -2.10. The zero-order chi connectivity index (χ0) is 10.1. The third-order valence-electron chi connectivity index (χ3n) is 2.81. The Morgan fingerprint density at radius 2 is 2.43 bits per heavy atom. The van der Waals surface area contributed by atoms with E-state index in [4.69, 9.17) is 4.74 Å². The number of hydrogen-bond acceptors (Lipinski definition) is 2. The summed E-state index contributed by atoms with van der Waals surface area (Å²) in [5, 5.41) is 3.08.